The predicted molar refractivity (Wildman–Crippen MR) is 104 cm³/mol. The molecule has 5 rings (SSSR count). The third-order valence-corrected chi connectivity index (χ3v) is 4.82. The lowest BCUT2D eigenvalue weighted by molar-refractivity contribution is 0.920. The van der Waals surface area contributed by atoms with Crippen molar-refractivity contribution in [3.63, 3.8) is 0 Å². The highest BCUT2D eigenvalue weighted by molar-refractivity contribution is 6.21. The molecule has 5 nitrogen and oxygen atoms in total. The SMILES string of the molecule is Cc1ccc(C)c(C2=Nc3ccccc3-c3nc(N)nn4ccc2c34)c1. The standard InChI is InChI=1S/C21H17N5/c1-12-7-8-13(2)16(11-12)18-15-9-10-26-20(15)19(24-21(22)25-26)14-5-3-4-6-17(14)23-18/h3-11H,1-2H3,(H2,22,25). The van der Waals surface area contributed by atoms with Gasteiger partial charge in [-0.15, -0.1) is 5.10 Å². The van der Waals surface area contributed by atoms with Crippen LogP contribution in [0.15, 0.2) is 59.7 Å². The number of aryl methyl sites for hydroxylation is 2. The van der Waals surface area contributed by atoms with Crippen molar-refractivity contribution in [1.82, 2.24) is 14.6 Å². The molecular formula is C21H17N5. The second kappa shape index (κ2) is 5.26. The summed E-state index contributed by atoms with van der Waals surface area (Å²) in [5, 5.41) is 4.35. The van der Waals surface area contributed by atoms with E-state index in [9.17, 15) is 0 Å². The van der Waals surface area contributed by atoms with Crippen LogP contribution in [-0.2, 0) is 0 Å². The maximum atomic E-state index is 5.95. The lowest BCUT2D eigenvalue weighted by Gasteiger charge is -2.10. The summed E-state index contributed by atoms with van der Waals surface area (Å²) in [6, 6.07) is 16.5. The van der Waals surface area contributed by atoms with Crippen molar-refractivity contribution >= 4 is 22.9 Å². The Bertz CT molecular complexity index is 1220. The van der Waals surface area contributed by atoms with Gasteiger partial charge in [-0.1, -0.05) is 35.9 Å². The number of hydrogen-bond donors (Lipinski definition) is 1. The van der Waals surface area contributed by atoms with Gasteiger partial charge in [-0.3, -0.25) is 0 Å². The molecule has 0 aliphatic carbocycles. The number of para-hydroxylation sites is 1. The highest BCUT2D eigenvalue weighted by Gasteiger charge is 2.24. The maximum absolute atomic E-state index is 5.95. The smallest absolute Gasteiger partial charge is 0.238 e. The summed E-state index contributed by atoms with van der Waals surface area (Å²) in [5.74, 6) is 0.250. The molecule has 0 radical (unpaired) electrons. The first-order valence-corrected chi connectivity index (χ1v) is 8.53. The number of rotatable bonds is 1. The van der Waals surface area contributed by atoms with Crippen molar-refractivity contribution < 1.29 is 0 Å². The van der Waals surface area contributed by atoms with Crippen LogP contribution in [0.1, 0.15) is 22.3 Å². The van der Waals surface area contributed by atoms with Crippen molar-refractivity contribution in [2.75, 3.05) is 5.73 Å². The Hall–Kier alpha value is -3.47. The van der Waals surface area contributed by atoms with E-state index in [0.29, 0.717) is 0 Å². The van der Waals surface area contributed by atoms with E-state index in [2.05, 4.69) is 42.1 Å². The summed E-state index contributed by atoms with van der Waals surface area (Å²) >= 11 is 0. The second-order valence-corrected chi connectivity index (χ2v) is 6.64. The minimum absolute atomic E-state index is 0.250. The van der Waals surface area contributed by atoms with E-state index in [0.717, 1.165) is 39.3 Å². The summed E-state index contributed by atoms with van der Waals surface area (Å²) in [7, 11) is 0. The van der Waals surface area contributed by atoms with Crippen LogP contribution in [0.25, 0.3) is 16.8 Å². The predicted octanol–water partition coefficient (Wildman–Crippen LogP) is 4.08. The molecule has 3 heterocycles. The Morgan fingerprint density at radius 1 is 0.923 bits per heavy atom. The van der Waals surface area contributed by atoms with Gasteiger partial charge in [0.15, 0.2) is 0 Å². The van der Waals surface area contributed by atoms with Gasteiger partial charge in [0, 0.05) is 22.9 Å². The first kappa shape index (κ1) is 14.8. The number of nitrogens with two attached hydrogens (primary N) is 1. The van der Waals surface area contributed by atoms with Crippen LogP contribution in [0.3, 0.4) is 0 Å². The highest BCUT2D eigenvalue weighted by Crippen LogP contribution is 2.38. The molecule has 26 heavy (non-hydrogen) atoms. The number of aliphatic imine (C=N–C) groups is 1. The molecule has 2 N–H and O–H groups in total. The molecular weight excluding hydrogens is 322 g/mol. The molecule has 1 aliphatic rings. The number of fused-ring (bicyclic) bond motifs is 2. The van der Waals surface area contributed by atoms with Gasteiger partial charge in [-0.2, -0.15) is 0 Å². The number of anilines is 1. The minimum Gasteiger partial charge on any atom is -0.367 e. The van der Waals surface area contributed by atoms with Crippen LogP contribution in [0, 0.1) is 13.8 Å². The molecule has 0 saturated heterocycles. The van der Waals surface area contributed by atoms with Crippen LogP contribution in [-0.4, -0.2) is 20.3 Å². The Morgan fingerprint density at radius 3 is 2.65 bits per heavy atom. The third kappa shape index (κ3) is 2.07. The number of aromatic nitrogens is 3. The minimum atomic E-state index is 0.250. The van der Waals surface area contributed by atoms with Crippen LogP contribution >= 0.6 is 0 Å². The molecule has 126 valence electrons. The van der Waals surface area contributed by atoms with Gasteiger partial charge < -0.3 is 5.73 Å². The van der Waals surface area contributed by atoms with Gasteiger partial charge in [-0.25, -0.2) is 14.5 Å². The Morgan fingerprint density at radius 2 is 1.77 bits per heavy atom. The van der Waals surface area contributed by atoms with Crippen molar-refractivity contribution in [2.24, 2.45) is 4.99 Å². The van der Waals surface area contributed by atoms with E-state index in [4.69, 9.17) is 10.7 Å². The molecule has 4 aromatic rings. The molecule has 1 aliphatic heterocycles. The molecule has 0 fully saturated rings. The summed E-state index contributed by atoms with van der Waals surface area (Å²) in [4.78, 5) is 9.59. The average Bonchev–Trinajstić information content (AvgIpc) is 2.99. The molecule has 0 unspecified atom stereocenters. The van der Waals surface area contributed by atoms with Crippen molar-refractivity contribution in [1.29, 1.82) is 0 Å². The zero-order valence-corrected chi connectivity index (χ0v) is 14.6. The first-order valence-electron chi connectivity index (χ1n) is 8.53. The maximum Gasteiger partial charge on any atom is 0.238 e. The summed E-state index contributed by atoms with van der Waals surface area (Å²) < 4.78 is 1.80. The number of hydrogen-bond acceptors (Lipinski definition) is 4. The molecule has 5 heteroatoms. The van der Waals surface area contributed by atoms with Gasteiger partial charge >= 0.3 is 0 Å². The largest absolute Gasteiger partial charge is 0.367 e. The van der Waals surface area contributed by atoms with E-state index in [-0.39, 0.29) is 5.95 Å². The Kier molecular flexibility index (Phi) is 3.00. The van der Waals surface area contributed by atoms with E-state index in [1.54, 1.807) is 4.52 Å². The normalized spacial score (nSPS) is 12.6. The summed E-state index contributed by atoms with van der Waals surface area (Å²) in [6.45, 7) is 4.21. The zero-order valence-electron chi connectivity index (χ0n) is 14.6. The lowest BCUT2D eigenvalue weighted by Crippen LogP contribution is -2.07. The van der Waals surface area contributed by atoms with Gasteiger partial charge in [0.25, 0.3) is 0 Å². The van der Waals surface area contributed by atoms with Gasteiger partial charge in [-0.05, 0) is 37.6 Å². The van der Waals surface area contributed by atoms with Crippen LogP contribution in [0.5, 0.6) is 0 Å². The second-order valence-electron chi connectivity index (χ2n) is 6.64. The van der Waals surface area contributed by atoms with Crippen molar-refractivity contribution in [2.45, 2.75) is 13.8 Å². The molecule has 2 aromatic carbocycles. The van der Waals surface area contributed by atoms with Crippen LogP contribution < -0.4 is 5.73 Å². The molecule has 0 spiro atoms. The van der Waals surface area contributed by atoms with E-state index in [1.807, 2.05) is 36.5 Å². The topological polar surface area (TPSA) is 68.6 Å². The van der Waals surface area contributed by atoms with Crippen LogP contribution in [0.2, 0.25) is 0 Å². The first-order chi connectivity index (χ1) is 12.6. The fraction of sp³-hybridized carbons (Fsp3) is 0.0952. The zero-order chi connectivity index (χ0) is 17.8. The van der Waals surface area contributed by atoms with E-state index < -0.39 is 0 Å². The van der Waals surface area contributed by atoms with Gasteiger partial charge in [0.1, 0.15) is 11.2 Å². The van der Waals surface area contributed by atoms with E-state index in [1.165, 1.54) is 11.1 Å². The molecule has 0 amide bonds. The highest BCUT2D eigenvalue weighted by atomic mass is 15.3. The number of nitrogens with zero attached hydrogens (tertiary/aromatic N) is 4. The summed E-state index contributed by atoms with van der Waals surface area (Å²) in [6.07, 6.45) is 1.92. The summed E-state index contributed by atoms with van der Waals surface area (Å²) in [5.41, 5.74) is 15.0. The molecule has 0 atom stereocenters. The Labute approximate surface area is 150 Å². The monoisotopic (exact) mass is 339 g/mol. The quantitative estimate of drug-likeness (QED) is 0.500. The number of nitrogen functional groups attached to an aromatic ring is 1. The molecule has 2 aromatic heterocycles. The molecule has 0 bridgehead atoms. The Balaban J connectivity index is 1.94. The molecule has 0 saturated carbocycles. The average molecular weight is 339 g/mol. The third-order valence-electron chi connectivity index (χ3n) is 4.82. The van der Waals surface area contributed by atoms with Gasteiger partial charge in [0.2, 0.25) is 5.95 Å². The lowest BCUT2D eigenvalue weighted by atomic mass is 9.97. The van der Waals surface area contributed by atoms with Crippen molar-refractivity contribution in [3.8, 4) is 11.3 Å². The fourth-order valence-corrected chi connectivity index (χ4v) is 3.57. The van der Waals surface area contributed by atoms with E-state index >= 15 is 0 Å². The van der Waals surface area contributed by atoms with Crippen molar-refractivity contribution in [3.05, 3.63) is 77.0 Å². The number of benzene rings is 2. The van der Waals surface area contributed by atoms with Gasteiger partial charge in [0.05, 0.1) is 11.4 Å². The fourth-order valence-electron chi connectivity index (χ4n) is 3.57. The van der Waals surface area contributed by atoms with Crippen LogP contribution in [0.4, 0.5) is 11.6 Å².